The van der Waals surface area contributed by atoms with Crippen molar-refractivity contribution in [2.24, 2.45) is 14.1 Å². The quantitative estimate of drug-likeness (QED) is 0.163. The van der Waals surface area contributed by atoms with Gasteiger partial charge in [-0.2, -0.15) is 0 Å². The molecule has 0 unspecified atom stereocenters. The first-order valence-electron chi connectivity index (χ1n) is 19.3. The maximum atomic E-state index is 12.6. The third kappa shape index (κ3) is 6.27. The van der Waals surface area contributed by atoms with Gasteiger partial charge in [0.1, 0.15) is 0 Å². The second-order valence-electron chi connectivity index (χ2n) is 14.6. The fourth-order valence-corrected chi connectivity index (χ4v) is 7.95. The van der Waals surface area contributed by atoms with Gasteiger partial charge in [-0.1, -0.05) is 170 Å². The second kappa shape index (κ2) is 14.4. The van der Waals surface area contributed by atoms with Crippen LogP contribution < -0.4 is 5.69 Å². The van der Waals surface area contributed by atoms with Gasteiger partial charge in [0.25, 0.3) is 0 Å². The summed E-state index contributed by atoms with van der Waals surface area (Å²) in [7, 11) is 3.64. The van der Waals surface area contributed by atoms with Crippen LogP contribution in [-0.4, -0.2) is 24.1 Å². The van der Waals surface area contributed by atoms with E-state index < -0.39 is 0 Å². The van der Waals surface area contributed by atoms with Gasteiger partial charge in [-0.25, -0.2) is 19.7 Å². The molecule has 6 nitrogen and oxygen atoms in total. The fraction of sp³-hybridized carbons (Fsp3) is 0.0385. The van der Waals surface area contributed by atoms with Gasteiger partial charge < -0.3 is 0 Å². The van der Waals surface area contributed by atoms with E-state index >= 15 is 0 Å². The van der Waals surface area contributed by atoms with Crippen molar-refractivity contribution in [3.05, 3.63) is 199 Å². The Balaban J connectivity index is 0.963. The Morgan fingerprint density at radius 1 is 0.328 bits per heavy atom. The largest absolute Gasteiger partial charge is 0.328 e. The van der Waals surface area contributed by atoms with Crippen LogP contribution in [0.3, 0.4) is 0 Å². The third-order valence-corrected chi connectivity index (χ3v) is 11.1. The molecule has 0 aliphatic heterocycles. The minimum absolute atomic E-state index is 0.0256. The lowest BCUT2D eigenvalue weighted by Gasteiger charge is -2.13. The van der Waals surface area contributed by atoms with E-state index in [1.165, 1.54) is 16.3 Å². The number of nitrogens with zero attached hydrogens (tertiary/aromatic N) is 5. The van der Waals surface area contributed by atoms with Crippen LogP contribution in [0.2, 0.25) is 0 Å². The molecule has 0 aliphatic carbocycles. The Kier molecular flexibility index (Phi) is 8.64. The SMILES string of the molecule is Cn1c(=O)n(C)c2cc(-c3ccc(-c4ccc(-c5ccc(-c6nc(-c7ccccc7)nc(-c7cccc(-c8ccccc8)c7)n6)cc5)cc4)c4ccccc34)ccc21. The zero-order valence-electron chi connectivity index (χ0n) is 32.0. The lowest BCUT2D eigenvalue weighted by atomic mass is 9.91. The van der Waals surface area contributed by atoms with Crippen LogP contribution >= 0.6 is 0 Å². The highest BCUT2D eigenvalue weighted by molar-refractivity contribution is 6.05. The molecule has 0 radical (unpaired) electrons. The molecule has 0 saturated heterocycles. The Hall–Kier alpha value is -7.70. The number of fused-ring (bicyclic) bond motifs is 2. The standard InChI is InChI=1S/C52H37N5O/c1-56-47-31-28-41(33-48(47)57(2)52(56)58)44-30-29-43(45-18-9-10-19-46(44)45)37-24-20-35(21-25-37)36-22-26-39(27-23-36)50-53-49(38-14-7-4-8-15-38)54-51(55-50)42-17-11-16-40(32-42)34-12-5-3-6-13-34/h3-33H,1-2H3. The van der Waals surface area contributed by atoms with Crippen LogP contribution in [0.4, 0.5) is 0 Å². The molecule has 276 valence electrons. The molecule has 2 heterocycles. The predicted octanol–water partition coefficient (Wildman–Crippen LogP) is 11.9. The van der Waals surface area contributed by atoms with E-state index in [1.807, 2.05) is 56.6 Å². The lowest BCUT2D eigenvalue weighted by Crippen LogP contribution is -2.19. The molecule has 6 heteroatoms. The summed E-state index contributed by atoms with van der Waals surface area (Å²) in [6.07, 6.45) is 0. The van der Waals surface area contributed by atoms with Crippen molar-refractivity contribution in [2.75, 3.05) is 0 Å². The molecular formula is C52H37N5O. The number of aromatic nitrogens is 5. The van der Waals surface area contributed by atoms with Crippen LogP contribution in [0.5, 0.6) is 0 Å². The van der Waals surface area contributed by atoms with Crippen LogP contribution in [-0.2, 0) is 14.1 Å². The first kappa shape index (κ1) is 34.8. The summed E-state index contributed by atoms with van der Waals surface area (Å²) in [6, 6.07) is 65.2. The van der Waals surface area contributed by atoms with Gasteiger partial charge in [0, 0.05) is 30.8 Å². The average Bonchev–Trinajstić information content (AvgIpc) is 3.52. The molecule has 0 amide bonds. The van der Waals surface area contributed by atoms with E-state index in [-0.39, 0.29) is 5.69 Å². The zero-order chi connectivity index (χ0) is 39.2. The number of imidazole rings is 1. The van der Waals surface area contributed by atoms with Gasteiger partial charge in [0.15, 0.2) is 17.5 Å². The average molecular weight is 748 g/mol. The molecule has 0 fully saturated rings. The van der Waals surface area contributed by atoms with E-state index in [9.17, 15) is 4.79 Å². The molecular weight excluding hydrogens is 711 g/mol. The summed E-state index contributed by atoms with van der Waals surface area (Å²) >= 11 is 0. The number of benzene rings is 8. The molecule has 0 bridgehead atoms. The number of aryl methyl sites for hydroxylation is 2. The van der Waals surface area contributed by atoms with Crippen molar-refractivity contribution in [3.8, 4) is 78.7 Å². The number of rotatable bonds is 7. The Labute approximate surface area is 336 Å². The maximum absolute atomic E-state index is 12.6. The lowest BCUT2D eigenvalue weighted by molar-refractivity contribution is 0.795. The topological polar surface area (TPSA) is 65.6 Å². The maximum Gasteiger partial charge on any atom is 0.328 e. The smallest absolute Gasteiger partial charge is 0.295 e. The van der Waals surface area contributed by atoms with Gasteiger partial charge in [0.2, 0.25) is 0 Å². The molecule has 10 aromatic rings. The Morgan fingerprint density at radius 2 is 0.741 bits per heavy atom. The van der Waals surface area contributed by atoms with Crippen LogP contribution in [0.15, 0.2) is 193 Å². The van der Waals surface area contributed by atoms with Crippen LogP contribution in [0.1, 0.15) is 0 Å². The zero-order valence-corrected chi connectivity index (χ0v) is 32.0. The molecule has 0 spiro atoms. The highest BCUT2D eigenvalue weighted by Gasteiger charge is 2.15. The van der Waals surface area contributed by atoms with Crippen molar-refractivity contribution in [1.29, 1.82) is 0 Å². The molecule has 0 atom stereocenters. The molecule has 10 rings (SSSR count). The number of hydrogen-bond acceptors (Lipinski definition) is 4. The normalized spacial score (nSPS) is 11.3. The Bertz CT molecular complexity index is 3180. The summed E-state index contributed by atoms with van der Waals surface area (Å²) in [5.74, 6) is 1.89. The summed E-state index contributed by atoms with van der Waals surface area (Å²) in [6.45, 7) is 0. The first-order valence-corrected chi connectivity index (χ1v) is 19.3. The van der Waals surface area contributed by atoms with Gasteiger partial charge in [-0.3, -0.25) is 9.13 Å². The van der Waals surface area contributed by atoms with Crippen molar-refractivity contribution in [2.45, 2.75) is 0 Å². The van der Waals surface area contributed by atoms with E-state index in [1.54, 1.807) is 9.13 Å². The van der Waals surface area contributed by atoms with E-state index in [0.717, 1.165) is 66.7 Å². The van der Waals surface area contributed by atoms with Gasteiger partial charge >= 0.3 is 5.69 Å². The highest BCUT2D eigenvalue weighted by atomic mass is 16.1. The van der Waals surface area contributed by atoms with Crippen molar-refractivity contribution in [1.82, 2.24) is 24.1 Å². The fourth-order valence-electron chi connectivity index (χ4n) is 7.95. The molecule has 0 aliphatic rings. The van der Waals surface area contributed by atoms with E-state index in [2.05, 4.69) is 146 Å². The minimum Gasteiger partial charge on any atom is -0.295 e. The molecule has 0 saturated carbocycles. The summed E-state index contributed by atoms with van der Waals surface area (Å²) < 4.78 is 3.40. The van der Waals surface area contributed by atoms with Gasteiger partial charge in [-0.05, 0) is 73.5 Å². The first-order chi connectivity index (χ1) is 28.5. The molecule has 2 aromatic heterocycles. The van der Waals surface area contributed by atoms with Gasteiger partial charge in [0.05, 0.1) is 11.0 Å². The molecule has 58 heavy (non-hydrogen) atoms. The highest BCUT2D eigenvalue weighted by Crippen LogP contribution is 2.37. The summed E-state index contributed by atoms with van der Waals surface area (Å²) in [5.41, 5.74) is 13.6. The van der Waals surface area contributed by atoms with Crippen LogP contribution in [0.25, 0.3) is 100 Å². The second-order valence-corrected chi connectivity index (χ2v) is 14.6. The monoisotopic (exact) mass is 747 g/mol. The van der Waals surface area contributed by atoms with Gasteiger partial charge in [-0.15, -0.1) is 0 Å². The number of hydrogen-bond donors (Lipinski definition) is 0. The predicted molar refractivity (Wildman–Crippen MR) is 237 cm³/mol. The Morgan fingerprint density at radius 3 is 1.36 bits per heavy atom. The summed E-state index contributed by atoms with van der Waals surface area (Å²) in [4.78, 5) is 27.5. The van der Waals surface area contributed by atoms with Crippen molar-refractivity contribution in [3.63, 3.8) is 0 Å². The van der Waals surface area contributed by atoms with Crippen LogP contribution in [0, 0.1) is 0 Å². The summed E-state index contributed by atoms with van der Waals surface area (Å²) in [5, 5.41) is 2.35. The van der Waals surface area contributed by atoms with E-state index in [4.69, 9.17) is 15.0 Å². The molecule has 0 N–H and O–H groups in total. The third-order valence-electron chi connectivity index (χ3n) is 11.1. The van der Waals surface area contributed by atoms with Crippen molar-refractivity contribution >= 4 is 21.8 Å². The van der Waals surface area contributed by atoms with Crippen molar-refractivity contribution < 1.29 is 0 Å². The van der Waals surface area contributed by atoms with E-state index in [0.29, 0.717) is 17.5 Å². The minimum atomic E-state index is -0.0256. The molecule has 8 aromatic carbocycles.